The van der Waals surface area contributed by atoms with Crippen molar-refractivity contribution in [1.82, 2.24) is 10.6 Å². The highest BCUT2D eigenvalue weighted by molar-refractivity contribution is 5.87. The summed E-state index contributed by atoms with van der Waals surface area (Å²) >= 11 is 0. The topological polar surface area (TPSA) is 93.5 Å². The van der Waals surface area contributed by atoms with Crippen LogP contribution >= 0.6 is 0 Å². The Labute approximate surface area is 114 Å². The summed E-state index contributed by atoms with van der Waals surface area (Å²) in [5.74, 6) is 0.146. The molecule has 1 heterocycles. The third-order valence-corrected chi connectivity index (χ3v) is 3.34. The van der Waals surface area contributed by atoms with Gasteiger partial charge in [0.25, 0.3) is 0 Å². The number of hydrogen-bond donors (Lipinski definition) is 3. The molecule has 0 aromatic rings. The Bertz CT molecular complexity index is 302. The van der Waals surface area contributed by atoms with Gasteiger partial charge in [-0.3, -0.25) is 9.59 Å². The molecule has 1 fully saturated rings. The highest BCUT2D eigenvalue weighted by atomic mass is 16.5. The summed E-state index contributed by atoms with van der Waals surface area (Å²) in [5, 5.41) is 5.32. The minimum Gasteiger partial charge on any atom is -0.381 e. The highest BCUT2D eigenvalue weighted by Gasteiger charge is 2.18. The van der Waals surface area contributed by atoms with Gasteiger partial charge in [-0.05, 0) is 24.7 Å². The molecule has 0 bridgehead atoms. The molecule has 1 aliphatic rings. The third-order valence-electron chi connectivity index (χ3n) is 3.34. The van der Waals surface area contributed by atoms with E-state index >= 15 is 0 Å². The molecule has 1 saturated heterocycles. The van der Waals surface area contributed by atoms with Gasteiger partial charge < -0.3 is 21.1 Å². The smallest absolute Gasteiger partial charge is 0.239 e. The summed E-state index contributed by atoms with van der Waals surface area (Å²) in [6.45, 7) is 5.96. The van der Waals surface area contributed by atoms with Crippen LogP contribution < -0.4 is 16.4 Å². The van der Waals surface area contributed by atoms with Gasteiger partial charge in [0, 0.05) is 19.8 Å². The second-order valence-corrected chi connectivity index (χ2v) is 5.36. The fourth-order valence-corrected chi connectivity index (χ4v) is 1.88. The molecule has 0 radical (unpaired) electrons. The first-order chi connectivity index (χ1) is 9.00. The Balaban J connectivity index is 2.08. The predicted octanol–water partition coefficient (Wildman–Crippen LogP) is -0.371. The first-order valence-corrected chi connectivity index (χ1v) is 6.88. The Hall–Kier alpha value is -1.14. The molecule has 1 rings (SSSR count). The van der Waals surface area contributed by atoms with Gasteiger partial charge in [0.15, 0.2) is 0 Å². The van der Waals surface area contributed by atoms with E-state index in [1.807, 2.05) is 13.8 Å². The SMILES string of the molecule is CC(C)[C@H](N)C(=O)NCC(=O)NCCC1CCOC1. The summed E-state index contributed by atoms with van der Waals surface area (Å²) in [7, 11) is 0. The van der Waals surface area contributed by atoms with Gasteiger partial charge >= 0.3 is 0 Å². The molecule has 2 amide bonds. The molecule has 1 aliphatic heterocycles. The van der Waals surface area contributed by atoms with E-state index in [-0.39, 0.29) is 24.3 Å². The molecule has 4 N–H and O–H groups in total. The maximum Gasteiger partial charge on any atom is 0.239 e. The van der Waals surface area contributed by atoms with E-state index in [1.54, 1.807) is 0 Å². The summed E-state index contributed by atoms with van der Waals surface area (Å²) in [4.78, 5) is 23.1. The molecule has 0 spiro atoms. The van der Waals surface area contributed by atoms with E-state index in [4.69, 9.17) is 10.5 Å². The van der Waals surface area contributed by atoms with Crippen LogP contribution in [-0.2, 0) is 14.3 Å². The van der Waals surface area contributed by atoms with E-state index in [0.29, 0.717) is 12.5 Å². The second-order valence-electron chi connectivity index (χ2n) is 5.36. The minimum absolute atomic E-state index is 0.0135. The van der Waals surface area contributed by atoms with Crippen molar-refractivity contribution in [2.24, 2.45) is 17.6 Å². The van der Waals surface area contributed by atoms with Crippen molar-refractivity contribution in [2.45, 2.75) is 32.7 Å². The molecular formula is C13H25N3O3. The fraction of sp³-hybridized carbons (Fsp3) is 0.846. The summed E-state index contributed by atoms with van der Waals surface area (Å²) in [6.07, 6.45) is 1.99. The molecule has 6 nitrogen and oxygen atoms in total. The number of carbonyl (C=O) groups is 2. The number of nitrogens with one attached hydrogen (secondary N) is 2. The normalized spacial score (nSPS) is 20.3. The lowest BCUT2D eigenvalue weighted by molar-refractivity contribution is -0.127. The van der Waals surface area contributed by atoms with Crippen LogP contribution in [0.3, 0.4) is 0 Å². The molecule has 110 valence electrons. The average Bonchev–Trinajstić information content (AvgIpc) is 2.88. The van der Waals surface area contributed by atoms with Crippen molar-refractivity contribution in [3.8, 4) is 0 Å². The molecule has 0 saturated carbocycles. The number of hydrogen-bond acceptors (Lipinski definition) is 4. The molecule has 19 heavy (non-hydrogen) atoms. The monoisotopic (exact) mass is 271 g/mol. The zero-order valence-corrected chi connectivity index (χ0v) is 11.8. The largest absolute Gasteiger partial charge is 0.381 e. The van der Waals surface area contributed by atoms with E-state index in [9.17, 15) is 9.59 Å². The maximum absolute atomic E-state index is 11.5. The van der Waals surface area contributed by atoms with E-state index in [1.165, 1.54) is 0 Å². The van der Waals surface area contributed by atoms with Crippen LogP contribution in [0.15, 0.2) is 0 Å². The van der Waals surface area contributed by atoms with E-state index in [0.717, 1.165) is 26.1 Å². The molecular weight excluding hydrogens is 246 g/mol. The van der Waals surface area contributed by atoms with E-state index in [2.05, 4.69) is 10.6 Å². The quantitative estimate of drug-likeness (QED) is 0.589. The molecule has 2 atom stereocenters. The van der Waals surface area contributed by atoms with Crippen molar-refractivity contribution in [3.63, 3.8) is 0 Å². The number of carbonyl (C=O) groups excluding carboxylic acids is 2. The van der Waals surface area contributed by atoms with Gasteiger partial charge in [0.1, 0.15) is 0 Å². The number of amides is 2. The highest BCUT2D eigenvalue weighted by Crippen LogP contribution is 2.14. The Kier molecular flexibility index (Phi) is 6.80. The van der Waals surface area contributed by atoms with Crippen molar-refractivity contribution >= 4 is 11.8 Å². The Morgan fingerprint density at radius 1 is 1.37 bits per heavy atom. The van der Waals surface area contributed by atoms with Crippen molar-refractivity contribution < 1.29 is 14.3 Å². The standard InChI is InChI=1S/C13H25N3O3/c1-9(2)12(14)13(18)16-7-11(17)15-5-3-10-4-6-19-8-10/h9-10,12H,3-8,14H2,1-2H3,(H,15,17)(H,16,18)/t10?,12-/m0/s1. The zero-order valence-electron chi connectivity index (χ0n) is 11.8. The zero-order chi connectivity index (χ0) is 14.3. The summed E-state index contributed by atoms with van der Waals surface area (Å²) in [6, 6.07) is -0.566. The summed E-state index contributed by atoms with van der Waals surface area (Å²) < 4.78 is 5.26. The van der Waals surface area contributed by atoms with Crippen LogP contribution in [0.2, 0.25) is 0 Å². The molecule has 0 aromatic heterocycles. The van der Waals surface area contributed by atoms with Gasteiger partial charge in [-0.1, -0.05) is 13.8 Å². The van der Waals surface area contributed by atoms with Gasteiger partial charge in [-0.15, -0.1) is 0 Å². The van der Waals surface area contributed by atoms with Crippen LogP contribution in [0.25, 0.3) is 0 Å². The lowest BCUT2D eigenvalue weighted by atomic mass is 10.1. The van der Waals surface area contributed by atoms with Crippen LogP contribution in [0, 0.1) is 11.8 Å². The van der Waals surface area contributed by atoms with Gasteiger partial charge in [-0.2, -0.15) is 0 Å². The molecule has 6 heteroatoms. The summed E-state index contributed by atoms with van der Waals surface area (Å²) in [5.41, 5.74) is 5.67. The van der Waals surface area contributed by atoms with Gasteiger partial charge in [-0.25, -0.2) is 0 Å². The number of nitrogens with two attached hydrogens (primary N) is 1. The fourth-order valence-electron chi connectivity index (χ4n) is 1.88. The molecule has 0 aromatic carbocycles. The van der Waals surface area contributed by atoms with Crippen molar-refractivity contribution in [3.05, 3.63) is 0 Å². The van der Waals surface area contributed by atoms with Crippen molar-refractivity contribution in [1.29, 1.82) is 0 Å². The predicted molar refractivity (Wildman–Crippen MR) is 72.4 cm³/mol. The first kappa shape index (κ1) is 15.9. The second kappa shape index (κ2) is 8.12. The number of ether oxygens (including phenoxy) is 1. The average molecular weight is 271 g/mol. The number of rotatable bonds is 7. The van der Waals surface area contributed by atoms with Crippen LogP contribution in [0.1, 0.15) is 26.7 Å². The lowest BCUT2D eigenvalue weighted by Crippen LogP contribution is -2.47. The van der Waals surface area contributed by atoms with Gasteiger partial charge in [0.2, 0.25) is 11.8 Å². The Morgan fingerprint density at radius 2 is 2.11 bits per heavy atom. The van der Waals surface area contributed by atoms with Crippen molar-refractivity contribution in [2.75, 3.05) is 26.3 Å². The minimum atomic E-state index is -0.566. The Morgan fingerprint density at radius 3 is 2.68 bits per heavy atom. The van der Waals surface area contributed by atoms with Crippen LogP contribution in [0.5, 0.6) is 0 Å². The van der Waals surface area contributed by atoms with Gasteiger partial charge in [0.05, 0.1) is 12.6 Å². The third kappa shape index (κ3) is 6.02. The lowest BCUT2D eigenvalue weighted by Gasteiger charge is -2.15. The first-order valence-electron chi connectivity index (χ1n) is 6.88. The van der Waals surface area contributed by atoms with E-state index < -0.39 is 6.04 Å². The maximum atomic E-state index is 11.5. The van der Waals surface area contributed by atoms with Crippen LogP contribution in [-0.4, -0.2) is 44.2 Å². The molecule has 0 aliphatic carbocycles. The van der Waals surface area contributed by atoms with Crippen LogP contribution in [0.4, 0.5) is 0 Å². The molecule has 1 unspecified atom stereocenters.